The Morgan fingerprint density at radius 1 is 0.632 bits per heavy atom. The van der Waals surface area contributed by atoms with E-state index in [1.807, 2.05) is 78.9 Å². The molecule has 2 N–H and O–H groups in total. The van der Waals surface area contributed by atoms with Crippen LogP contribution in [0.4, 0.5) is 11.4 Å². The van der Waals surface area contributed by atoms with Crippen LogP contribution >= 0.6 is 0 Å². The fraction of sp³-hybridized carbons (Fsp3) is 0.125. The largest absolute Gasteiger partial charge is 0.368 e. The van der Waals surface area contributed by atoms with Gasteiger partial charge in [-0.25, -0.2) is 8.42 Å². The third-order valence-electron chi connectivity index (χ3n) is 7.05. The van der Waals surface area contributed by atoms with Crippen molar-refractivity contribution in [3.63, 3.8) is 0 Å². The molecule has 5 aromatic carbocycles. The molecule has 0 aromatic heterocycles. The Hall–Kier alpha value is -4.13. The second kappa shape index (κ2) is 10.3. The van der Waals surface area contributed by atoms with Crippen LogP contribution in [0.5, 0.6) is 0 Å². The van der Waals surface area contributed by atoms with Gasteiger partial charge in [-0.2, -0.15) is 0 Å². The van der Waals surface area contributed by atoms with E-state index in [2.05, 4.69) is 39.2 Å². The predicted octanol–water partition coefficient (Wildman–Crippen LogP) is 6.38. The van der Waals surface area contributed by atoms with Gasteiger partial charge >= 0.3 is 0 Å². The van der Waals surface area contributed by atoms with Crippen LogP contribution in [0.3, 0.4) is 0 Å². The number of nitrogens with zero attached hydrogens (tertiary/aromatic N) is 1. The summed E-state index contributed by atoms with van der Waals surface area (Å²) in [4.78, 5) is 2.60. The molecule has 5 nitrogen and oxygen atoms in total. The van der Waals surface area contributed by atoms with Gasteiger partial charge in [0.2, 0.25) is 0 Å². The molecule has 1 fully saturated rings. The number of nitrogens with one attached hydrogen (secondary N) is 2. The van der Waals surface area contributed by atoms with Gasteiger partial charge in [0, 0.05) is 48.3 Å². The minimum Gasteiger partial charge on any atom is -0.368 e. The number of benzene rings is 5. The average molecular weight is 520 g/mol. The number of fused-ring (bicyclic) bond motifs is 1. The summed E-state index contributed by atoms with van der Waals surface area (Å²) in [7, 11) is -3.83. The van der Waals surface area contributed by atoms with E-state index in [1.165, 1.54) is 0 Å². The fourth-order valence-corrected chi connectivity index (χ4v) is 6.50. The molecule has 0 bridgehead atoms. The smallest absolute Gasteiger partial charge is 0.262 e. The highest BCUT2D eigenvalue weighted by molar-refractivity contribution is 7.93. The van der Waals surface area contributed by atoms with Gasteiger partial charge in [-0.15, -0.1) is 0 Å². The predicted molar refractivity (Wildman–Crippen MR) is 157 cm³/mol. The molecule has 0 spiro atoms. The molecule has 6 heteroatoms. The SMILES string of the molecule is O=S(=O)(Nc1cccc(-c2ccccc2-c2ccccc2)c1)c1ccc(N2CCNCC2)c2ccccc12. The van der Waals surface area contributed by atoms with Gasteiger partial charge in [0.05, 0.1) is 4.90 Å². The van der Waals surface area contributed by atoms with E-state index in [1.54, 1.807) is 12.1 Å². The van der Waals surface area contributed by atoms with Crippen molar-refractivity contribution in [2.24, 2.45) is 0 Å². The second-order valence-electron chi connectivity index (χ2n) is 9.46. The third kappa shape index (κ3) is 4.76. The van der Waals surface area contributed by atoms with Crippen LogP contribution in [0, 0.1) is 0 Å². The highest BCUT2D eigenvalue weighted by atomic mass is 32.2. The molecule has 6 rings (SSSR count). The van der Waals surface area contributed by atoms with E-state index < -0.39 is 10.0 Å². The van der Waals surface area contributed by atoms with Crippen LogP contribution in [0.25, 0.3) is 33.0 Å². The summed E-state index contributed by atoms with van der Waals surface area (Å²) in [5.41, 5.74) is 5.81. The van der Waals surface area contributed by atoms with Gasteiger partial charge in [0.25, 0.3) is 10.0 Å². The Labute approximate surface area is 223 Å². The van der Waals surface area contributed by atoms with Crippen LogP contribution in [-0.4, -0.2) is 34.6 Å². The average Bonchev–Trinajstić information content (AvgIpc) is 2.97. The zero-order chi connectivity index (χ0) is 26.0. The first-order valence-corrected chi connectivity index (χ1v) is 14.3. The summed E-state index contributed by atoms with van der Waals surface area (Å²) < 4.78 is 30.3. The van der Waals surface area contributed by atoms with Gasteiger partial charge in [-0.3, -0.25) is 4.72 Å². The van der Waals surface area contributed by atoms with Crippen molar-refractivity contribution < 1.29 is 8.42 Å². The maximum Gasteiger partial charge on any atom is 0.262 e. The summed E-state index contributed by atoms with van der Waals surface area (Å²) in [6.07, 6.45) is 0. The molecule has 1 heterocycles. The van der Waals surface area contributed by atoms with E-state index in [0.717, 1.165) is 64.9 Å². The first-order valence-electron chi connectivity index (χ1n) is 12.9. The Bertz CT molecular complexity index is 1700. The molecule has 190 valence electrons. The van der Waals surface area contributed by atoms with Crippen molar-refractivity contribution in [1.29, 1.82) is 0 Å². The fourth-order valence-electron chi connectivity index (χ4n) is 5.24. The van der Waals surface area contributed by atoms with Gasteiger partial charge in [-0.1, -0.05) is 91.0 Å². The van der Waals surface area contributed by atoms with Crippen molar-refractivity contribution in [3.8, 4) is 22.3 Å². The first-order chi connectivity index (χ1) is 18.6. The second-order valence-corrected chi connectivity index (χ2v) is 11.1. The summed E-state index contributed by atoms with van der Waals surface area (Å²) in [6.45, 7) is 3.62. The molecule has 0 unspecified atom stereocenters. The number of anilines is 2. The Balaban J connectivity index is 1.36. The molecule has 38 heavy (non-hydrogen) atoms. The lowest BCUT2D eigenvalue weighted by Crippen LogP contribution is -2.43. The zero-order valence-corrected chi connectivity index (χ0v) is 21.8. The molecule has 5 aromatic rings. The van der Waals surface area contributed by atoms with Crippen molar-refractivity contribution in [2.45, 2.75) is 4.90 Å². The normalized spacial score (nSPS) is 13.9. The molecule has 0 saturated carbocycles. The summed E-state index contributed by atoms with van der Waals surface area (Å²) in [5, 5.41) is 5.05. The topological polar surface area (TPSA) is 61.4 Å². The molecular weight excluding hydrogens is 490 g/mol. The number of sulfonamides is 1. The molecule has 1 aliphatic rings. The van der Waals surface area contributed by atoms with E-state index in [9.17, 15) is 8.42 Å². The zero-order valence-electron chi connectivity index (χ0n) is 21.0. The first kappa shape index (κ1) is 24.2. The number of hydrogen-bond donors (Lipinski definition) is 2. The monoisotopic (exact) mass is 519 g/mol. The van der Waals surface area contributed by atoms with Crippen LogP contribution in [0.1, 0.15) is 0 Å². The molecular formula is C32H29N3O2S. The molecule has 1 saturated heterocycles. The van der Waals surface area contributed by atoms with Crippen molar-refractivity contribution in [3.05, 3.63) is 115 Å². The Kier molecular flexibility index (Phi) is 6.58. The minimum absolute atomic E-state index is 0.280. The number of hydrogen-bond acceptors (Lipinski definition) is 4. The van der Waals surface area contributed by atoms with Gasteiger partial charge in [0.15, 0.2) is 0 Å². The highest BCUT2D eigenvalue weighted by Gasteiger charge is 2.21. The maximum atomic E-state index is 13.7. The Morgan fingerprint density at radius 3 is 2.03 bits per heavy atom. The molecule has 1 aliphatic heterocycles. The number of piperazine rings is 1. The molecule has 0 atom stereocenters. The minimum atomic E-state index is -3.83. The summed E-state index contributed by atoms with van der Waals surface area (Å²) >= 11 is 0. The lowest BCUT2D eigenvalue weighted by Gasteiger charge is -2.30. The van der Waals surface area contributed by atoms with E-state index in [-0.39, 0.29) is 4.90 Å². The standard InChI is InChI=1S/C32H29N3O2S/c36-38(37,32-18-17-31(35-21-19-33-20-22-35)29-15-6-7-16-30(29)32)34-26-12-8-11-25(23-26)28-14-5-4-13-27(28)24-9-2-1-3-10-24/h1-18,23,33-34H,19-22H2. The van der Waals surface area contributed by atoms with Crippen LogP contribution in [0.2, 0.25) is 0 Å². The van der Waals surface area contributed by atoms with Crippen LogP contribution < -0.4 is 14.9 Å². The molecule has 0 aliphatic carbocycles. The summed E-state index contributed by atoms with van der Waals surface area (Å²) in [6, 6.07) is 37.4. The van der Waals surface area contributed by atoms with Crippen LogP contribution in [-0.2, 0) is 10.0 Å². The maximum absolute atomic E-state index is 13.7. The van der Waals surface area contributed by atoms with Gasteiger partial charge < -0.3 is 10.2 Å². The summed E-state index contributed by atoms with van der Waals surface area (Å²) in [5.74, 6) is 0. The lowest BCUT2D eigenvalue weighted by molar-refractivity contribution is 0.590. The highest BCUT2D eigenvalue weighted by Crippen LogP contribution is 2.35. The van der Waals surface area contributed by atoms with Crippen molar-refractivity contribution in [1.82, 2.24) is 5.32 Å². The number of rotatable bonds is 6. The van der Waals surface area contributed by atoms with Crippen molar-refractivity contribution >= 4 is 32.2 Å². The van der Waals surface area contributed by atoms with Crippen molar-refractivity contribution in [2.75, 3.05) is 35.8 Å². The molecule has 0 amide bonds. The lowest BCUT2D eigenvalue weighted by atomic mass is 9.94. The van der Waals surface area contributed by atoms with Gasteiger partial charge in [-0.05, 0) is 46.5 Å². The van der Waals surface area contributed by atoms with Crippen LogP contribution in [0.15, 0.2) is 120 Å². The van der Waals surface area contributed by atoms with E-state index in [4.69, 9.17) is 0 Å². The quantitative estimate of drug-likeness (QED) is 0.273. The van der Waals surface area contributed by atoms with E-state index >= 15 is 0 Å². The molecule has 0 radical (unpaired) electrons. The van der Waals surface area contributed by atoms with E-state index in [0.29, 0.717) is 5.69 Å². The third-order valence-corrected chi connectivity index (χ3v) is 8.49. The Morgan fingerprint density at radius 2 is 1.26 bits per heavy atom. The van der Waals surface area contributed by atoms with Gasteiger partial charge in [0.1, 0.15) is 0 Å².